The van der Waals surface area contributed by atoms with Gasteiger partial charge in [0.15, 0.2) is 0 Å². The molecule has 1 aliphatic heterocycles. The van der Waals surface area contributed by atoms with Gasteiger partial charge in [-0.05, 0) is 23.8 Å². The monoisotopic (exact) mass is 351 g/mol. The van der Waals surface area contributed by atoms with Crippen LogP contribution in [0.4, 0.5) is 0 Å². The fourth-order valence-corrected chi connectivity index (χ4v) is 3.22. The molecule has 0 aliphatic carbocycles. The van der Waals surface area contributed by atoms with Crippen molar-refractivity contribution in [3.8, 4) is 16.9 Å². The van der Waals surface area contributed by atoms with Crippen molar-refractivity contribution in [1.82, 2.24) is 4.57 Å². The molecule has 1 aromatic heterocycles. The molecule has 26 heavy (non-hydrogen) atoms. The van der Waals surface area contributed by atoms with E-state index < -0.39 is 0 Å². The van der Waals surface area contributed by atoms with Crippen LogP contribution in [0.15, 0.2) is 53.3 Å². The van der Waals surface area contributed by atoms with Crippen molar-refractivity contribution >= 4 is 10.8 Å². The standard InChI is InChI=1S/C21H21NO4/c1-22-19(13-25-11-16-12-26-16)20(14-6-4-3-5-7-14)18-10-15(24-2)8-9-17(18)21(22)23/h3-10,16H,11-13H2,1-2H3. The minimum atomic E-state index is -0.0383. The van der Waals surface area contributed by atoms with Gasteiger partial charge in [0, 0.05) is 23.4 Å². The molecule has 1 saturated heterocycles. The number of fused-ring (bicyclic) bond motifs is 1. The Morgan fingerprint density at radius 3 is 2.62 bits per heavy atom. The van der Waals surface area contributed by atoms with Crippen LogP contribution in [0.1, 0.15) is 5.69 Å². The van der Waals surface area contributed by atoms with Crippen molar-refractivity contribution in [2.24, 2.45) is 7.05 Å². The van der Waals surface area contributed by atoms with Crippen LogP contribution in [-0.2, 0) is 23.1 Å². The minimum absolute atomic E-state index is 0.0383. The maximum Gasteiger partial charge on any atom is 0.258 e. The molecule has 4 rings (SSSR count). The largest absolute Gasteiger partial charge is 0.497 e. The second kappa shape index (κ2) is 6.94. The van der Waals surface area contributed by atoms with Crippen LogP contribution < -0.4 is 10.3 Å². The zero-order valence-electron chi connectivity index (χ0n) is 14.9. The zero-order valence-corrected chi connectivity index (χ0v) is 14.9. The van der Waals surface area contributed by atoms with Crippen LogP contribution in [0, 0.1) is 0 Å². The Balaban J connectivity index is 1.93. The van der Waals surface area contributed by atoms with Gasteiger partial charge in [0.05, 0.1) is 32.6 Å². The van der Waals surface area contributed by atoms with Crippen molar-refractivity contribution in [2.45, 2.75) is 12.7 Å². The second-order valence-corrected chi connectivity index (χ2v) is 6.43. The summed E-state index contributed by atoms with van der Waals surface area (Å²) in [6, 6.07) is 15.6. The molecule has 1 aliphatic rings. The average Bonchev–Trinajstić information content (AvgIpc) is 3.50. The summed E-state index contributed by atoms with van der Waals surface area (Å²) in [5.41, 5.74) is 2.85. The van der Waals surface area contributed by atoms with Gasteiger partial charge in [0.25, 0.3) is 5.56 Å². The first-order valence-corrected chi connectivity index (χ1v) is 8.63. The van der Waals surface area contributed by atoms with Crippen molar-refractivity contribution in [2.75, 3.05) is 20.3 Å². The van der Waals surface area contributed by atoms with Crippen LogP contribution in [-0.4, -0.2) is 31.0 Å². The first kappa shape index (κ1) is 16.8. The summed E-state index contributed by atoms with van der Waals surface area (Å²) < 4.78 is 18.1. The smallest absolute Gasteiger partial charge is 0.258 e. The number of aromatic nitrogens is 1. The van der Waals surface area contributed by atoms with Crippen LogP contribution in [0.25, 0.3) is 21.9 Å². The highest BCUT2D eigenvalue weighted by atomic mass is 16.6. The summed E-state index contributed by atoms with van der Waals surface area (Å²) in [5, 5.41) is 1.54. The number of benzene rings is 2. The molecule has 5 nitrogen and oxygen atoms in total. The van der Waals surface area contributed by atoms with E-state index in [-0.39, 0.29) is 11.7 Å². The molecular weight excluding hydrogens is 330 g/mol. The van der Waals surface area contributed by atoms with E-state index in [4.69, 9.17) is 14.2 Å². The molecule has 2 aromatic carbocycles. The molecule has 1 fully saturated rings. The third kappa shape index (κ3) is 3.11. The number of ether oxygens (including phenoxy) is 3. The lowest BCUT2D eigenvalue weighted by atomic mass is 9.96. The normalized spacial score (nSPS) is 16.0. The van der Waals surface area contributed by atoms with Crippen LogP contribution >= 0.6 is 0 Å². The number of hydrogen-bond acceptors (Lipinski definition) is 4. The summed E-state index contributed by atoms with van der Waals surface area (Å²) in [6.45, 7) is 1.64. The molecule has 5 heteroatoms. The molecule has 1 atom stereocenters. The summed E-state index contributed by atoms with van der Waals surface area (Å²) in [5.74, 6) is 0.723. The summed E-state index contributed by atoms with van der Waals surface area (Å²) in [7, 11) is 3.43. The van der Waals surface area contributed by atoms with E-state index in [9.17, 15) is 4.79 Å². The van der Waals surface area contributed by atoms with Crippen LogP contribution in [0.2, 0.25) is 0 Å². The van der Waals surface area contributed by atoms with Gasteiger partial charge in [-0.25, -0.2) is 0 Å². The van der Waals surface area contributed by atoms with Crippen molar-refractivity contribution in [3.05, 3.63) is 64.6 Å². The Morgan fingerprint density at radius 1 is 1.15 bits per heavy atom. The maximum atomic E-state index is 12.9. The fourth-order valence-electron chi connectivity index (χ4n) is 3.22. The van der Waals surface area contributed by atoms with Gasteiger partial charge in [-0.3, -0.25) is 4.79 Å². The molecule has 2 heterocycles. The third-order valence-electron chi connectivity index (χ3n) is 4.73. The van der Waals surface area contributed by atoms with Crippen molar-refractivity contribution in [3.63, 3.8) is 0 Å². The topological polar surface area (TPSA) is 53.0 Å². The van der Waals surface area contributed by atoms with E-state index in [1.165, 1.54) is 0 Å². The third-order valence-corrected chi connectivity index (χ3v) is 4.73. The number of methoxy groups -OCH3 is 1. The summed E-state index contributed by atoms with van der Waals surface area (Å²) in [4.78, 5) is 12.9. The van der Waals surface area contributed by atoms with Gasteiger partial charge in [-0.1, -0.05) is 30.3 Å². The van der Waals surface area contributed by atoms with Gasteiger partial charge in [0.2, 0.25) is 0 Å². The van der Waals surface area contributed by atoms with Crippen LogP contribution in [0.5, 0.6) is 5.75 Å². The van der Waals surface area contributed by atoms with E-state index in [0.717, 1.165) is 34.6 Å². The molecular formula is C21H21NO4. The Morgan fingerprint density at radius 2 is 1.92 bits per heavy atom. The Bertz CT molecular complexity index is 990. The van der Waals surface area contributed by atoms with E-state index in [1.54, 1.807) is 18.7 Å². The Kier molecular flexibility index (Phi) is 4.49. The molecule has 1 unspecified atom stereocenters. The van der Waals surface area contributed by atoms with Gasteiger partial charge < -0.3 is 18.8 Å². The lowest BCUT2D eigenvalue weighted by Gasteiger charge is -2.18. The van der Waals surface area contributed by atoms with E-state index in [1.807, 2.05) is 48.5 Å². The predicted molar refractivity (Wildman–Crippen MR) is 101 cm³/mol. The lowest BCUT2D eigenvalue weighted by Crippen LogP contribution is -2.23. The molecule has 134 valence electrons. The summed E-state index contributed by atoms with van der Waals surface area (Å²) in [6.07, 6.45) is 0.188. The molecule has 3 aromatic rings. The van der Waals surface area contributed by atoms with E-state index in [2.05, 4.69) is 0 Å². The number of nitrogens with zero attached hydrogens (tertiary/aromatic N) is 1. The highest BCUT2D eigenvalue weighted by Crippen LogP contribution is 2.33. The SMILES string of the molecule is COc1ccc2c(=O)n(C)c(COCC3CO3)c(-c3ccccc3)c2c1. The average molecular weight is 351 g/mol. The Labute approximate surface area is 151 Å². The number of rotatable bonds is 6. The second-order valence-electron chi connectivity index (χ2n) is 6.43. The van der Waals surface area contributed by atoms with Gasteiger partial charge >= 0.3 is 0 Å². The Hall–Kier alpha value is -2.63. The number of pyridine rings is 1. The molecule has 0 radical (unpaired) electrons. The molecule has 0 amide bonds. The first-order valence-electron chi connectivity index (χ1n) is 8.63. The zero-order chi connectivity index (χ0) is 18.1. The quantitative estimate of drug-likeness (QED) is 0.640. The summed E-state index contributed by atoms with van der Waals surface area (Å²) >= 11 is 0. The molecule has 0 bridgehead atoms. The van der Waals surface area contributed by atoms with E-state index >= 15 is 0 Å². The molecule has 0 spiro atoms. The number of epoxide rings is 1. The lowest BCUT2D eigenvalue weighted by molar-refractivity contribution is 0.1000. The van der Waals surface area contributed by atoms with E-state index in [0.29, 0.717) is 18.6 Å². The molecule has 0 N–H and O–H groups in total. The van der Waals surface area contributed by atoms with Gasteiger partial charge in [0.1, 0.15) is 11.9 Å². The highest BCUT2D eigenvalue weighted by molar-refractivity contribution is 5.98. The maximum absolute atomic E-state index is 12.9. The van der Waals surface area contributed by atoms with Gasteiger partial charge in [-0.15, -0.1) is 0 Å². The minimum Gasteiger partial charge on any atom is -0.497 e. The fraction of sp³-hybridized carbons (Fsp3) is 0.286. The van der Waals surface area contributed by atoms with Gasteiger partial charge in [-0.2, -0.15) is 0 Å². The first-order chi connectivity index (χ1) is 12.7. The number of hydrogen-bond donors (Lipinski definition) is 0. The highest BCUT2D eigenvalue weighted by Gasteiger charge is 2.23. The predicted octanol–water partition coefficient (Wildman–Crippen LogP) is 3.13. The van der Waals surface area contributed by atoms with Crippen molar-refractivity contribution < 1.29 is 14.2 Å². The van der Waals surface area contributed by atoms with Crippen LogP contribution in [0.3, 0.4) is 0 Å². The molecule has 0 saturated carbocycles. The van der Waals surface area contributed by atoms with Crippen molar-refractivity contribution in [1.29, 1.82) is 0 Å².